The van der Waals surface area contributed by atoms with Crippen molar-refractivity contribution in [1.82, 2.24) is 5.32 Å². The number of hydrogen-bond donors (Lipinski definition) is 1. The first-order valence-electron chi connectivity index (χ1n) is 1.86. The van der Waals surface area contributed by atoms with Crippen LogP contribution in [0.5, 0.6) is 0 Å². The van der Waals surface area contributed by atoms with Crippen molar-refractivity contribution in [1.29, 1.82) is 0 Å². The van der Waals surface area contributed by atoms with Gasteiger partial charge in [0.1, 0.15) is 0 Å². The summed E-state index contributed by atoms with van der Waals surface area (Å²) in [6, 6.07) is 0. The first-order valence-corrected chi connectivity index (χ1v) is 1.86. The molecule has 2 heteroatoms. The van der Waals surface area contributed by atoms with Gasteiger partial charge in [-0.1, -0.05) is 12.2 Å². The standard InChI is InChI=1S/C4H7N.ClH/c1-2-4-5-3-1;/h1-2,5H,3-4H2;1H. The van der Waals surface area contributed by atoms with E-state index in [1.54, 1.807) is 0 Å². The van der Waals surface area contributed by atoms with E-state index < -0.39 is 0 Å². The molecule has 0 spiro atoms. The molecule has 1 rings (SSSR count). The molecular formula is C4H8ClN. The largest absolute Gasteiger partial charge is 0.310 e. The van der Waals surface area contributed by atoms with E-state index in [2.05, 4.69) is 17.5 Å². The summed E-state index contributed by atoms with van der Waals surface area (Å²) in [5, 5.41) is 3.11. The van der Waals surface area contributed by atoms with Gasteiger partial charge >= 0.3 is 0 Å². The molecule has 0 aromatic rings. The van der Waals surface area contributed by atoms with E-state index in [4.69, 9.17) is 0 Å². The van der Waals surface area contributed by atoms with E-state index in [0.29, 0.717) is 0 Å². The van der Waals surface area contributed by atoms with Gasteiger partial charge in [0.25, 0.3) is 0 Å². The van der Waals surface area contributed by atoms with Crippen LogP contribution in [0.1, 0.15) is 0 Å². The molecule has 0 bridgehead atoms. The normalized spacial score (nSPS) is 17.3. The molecule has 0 aliphatic carbocycles. The van der Waals surface area contributed by atoms with Gasteiger partial charge < -0.3 is 5.32 Å². The quantitative estimate of drug-likeness (QED) is 0.444. The lowest BCUT2D eigenvalue weighted by atomic mass is 10.6. The Balaban J connectivity index is 0.000000250. The molecule has 6 heavy (non-hydrogen) atoms. The van der Waals surface area contributed by atoms with Crippen LogP contribution in [0.2, 0.25) is 0 Å². The number of rotatable bonds is 0. The summed E-state index contributed by atoms with van der Waals surface area (Å²) in [6.07, 6.45) is 4.25. The predicted octanol–water partition coefficient (Wildman–Crippen LogP) is 0.568. The molecule has 0 atom stereocenters. The Hall–Kier alpha value is -0.0100. The van der Waals surface area contributed by atoms with Crippen LogP contribution >= 0.6 is 12.4 Å². The summed E-state index contributed by atoms with van der Waals surface area (Å²) in [5.41, 5.74) is 0. The topological polar surface area (TPSA) is 12.0 Å². The van der Waals surface area contributed by atoms with Crippen molar-refractivity contribution in [3.05, 3.63) is 12.2 Å². The summed E-state index contributed by atoms with van der Waals surface area (Å²) < 4.78 is 0. The average molecular weight is 106 g/mol. The first kappa shape index (κ1) is 5.99. The predicted molar refractivity (Wildman–Crippen MR) is 29.3 cm³/mol. The Morgan fingerprint density at radius 1 is 1.17 bits per heavy atom. The summed E-state index contributed by atoms with van der Waals surface area (Å²) >= 11 is 0. The summed E-state index contributed by atoms with van der Waals surface area (Å²) in [7, 11) is 0. The Bertz CT molecular complexity index is 45.5. The maximum absolute atomic E-state index is 3.11. The molecule has 0 saturated carbocycles. The Morgan fingerprint density at radius 3 is 1.83 bits per heavy atom. The number of halogens is 1. The summed E-state index contributed by atoms with van der Waals surface area (Å²) in [5.74, 6) is 0. The first-order chi connectivity index (χ1) is 2.50. The molecule has 0 fully saturated rings. The van der Waals surface area contributed by atoms with Crippen LogP contribution in [0.25, 0.3) is 0 Å². The second-order valence-corrected chi connectivity index (χ2v) is 1.13. The van der Waals surface area contributed by atoms with Gasteiger partial charge in [0.15, 0.2) is 0 Å². The van der Waals surface area contributed by atoms with Gasteiger partial charge in [0, 0.05) is 13.1 Å². The minimum atomic E-state index is 0. The highest BCUT2D eigenvalue weighted by molar-refractivity contribution is 5.85. The van der Waals surface area contributed by atoms with Crippen molar-refractivity contribution in [3.8, 4) is 0 Å². The van der Waals surface area contributed by atoms with Crippen molar-refractivity contribution >= 4 is 12.4 Å². The van der Waals surface area contributed by atoms with E-state index in [9.17, 15) is 0 Å². The highest BCUT2D eigenvalue weighted by atomic mass is 35.5. The Labute approximate surface area is 43.8 Å². The summed E-state index contributed by atoms with van der Waals surface area (Å²) in [4.78, 5) is 0. The molecule has 36 valence electrons. The highest BCUT2D eigenvalue weighted by Crippen LogP contribution is 1.75. The molecule has 0 aromatic carbocycles. The van der Waals surface area contributed by atoms with Crippen LogP contribution in [0.15, 0.2) is 12.2 Å². The van der Waals surface area contributed by atoms with Gasteiger partial charge in [-0.05, 0) is 0 Å². The minimum absolute atomic E-state index is 0. The molecule has 1 heterocycles. The van der Waals surface area contributed by atoms with Crippen LogP contribution in [-0.2, 0) is 0 Å². The zero-order valence-corrected chi connectivity index (χ0v) is 4.29. The SMILES string of the molecule is C1=CCNC1.Cl. The molecule has 0 unspecified atom stereocenters. The maximum atomic E-state index is 3.11. The second kappa shape index (κ2) is 3.19. The van der Waals surface area contributed by atoms with Gasteiger partial charge in [-0.25, -0.2) is 0 Å². The molecule has 0 aromatic heterocycles. The number of hydrogen-bond acceptors (Lipinski definition) is 1. The monoisotopic (exact) mass is 105 g/mol. The molecule has 1 aliphatic heterocycles. The molecule has 0 radical (unpaired) electrons. The lowest BCUT2D eigenvalue weighted by Gasteiger charge is -1.77. The van der Waals surface area contributed by atoms with E-state index in [0.717, 1.165) is 13.1 Å². The van der Waals surface area contributed by atoms with Gasteiger partial charge in [0.2, 0.25) is 0 Å². The third kappa shape index (κ3) is 1.43. The van der Waals surface area contributed by atoms with Crippen LogP contribution < -0.4 is 5.32 Å². The Morgan fingerprint density at radius 2 is 1.67 bits per heavy atom. The zero-order valence-electron chi connectivity index (χ0n) is 3.48. The lowest BCUT2D eigenvalue weighted by molar-refractivity contribution is 0.892. The molecular weight excluding hydrogens is 97.5 g/mol. The van der Waals surface area contributed by atoms with Crippen molar-refractivity contribution < 1.29 is 0 Å². The molecule has 1 N–H and O–H groups in total. The third-order valence-corrected chi connectivity index (χ3v) is 0.691. The van der Waals surface area contributed by atoms with Crippen LogP contribution in [0.3, 0.4) is 0 Å². The zero-order chi connectivity index (χ0) is 3.54. The van der Waals surface area contributed by atoms with Gasteiger partial charge in [-0.2, -0.15) is 0 Å². The van der Waals surface area contributed by atoms with E-state index in [1.165, 1.54) is 0 Å². The lowest BCUT2D eigenvalue weighted by Crippen LogP contribution is -2.04. The average Bonchev–Trinajstić information content (AvgIpc) is 1.76. The van der Waals surface area contributed by atoms with Gasteiger partial charge in [0.05, 0.1) is 0 Å². The van der Waals surface area contributed by atoms with Crippen LogP contribution in [0, 0.1) is 0 Å². The fourth-order valence-corrected chi connectivity index (χ4v) is 0.417. The van der Waals surface area contributed by atoms with Crippen LogP contribution in [0.4, 0.5) is 0 Å². The second-order valence-electron chi connectivity index (χ2n) is 1.13. The smallest absolute Gasteiger partial charge is 0.0138 e. The third-order valence-electron chi connectivity index (χ3n) is 0.691. The molecule has 0 amide bonds. The molecule has 1 aliphatic rings. The van der Waals surface area contributed by atoms with E-state index in [1.807, 2.05) is 0 Å². The van der Waals surface area contributed by atoms with Crippen molar-refractivity contribution in [2.24, 2.45) is 0 Å². The van der Waals surface area contributed by atoms with Crippen LogP contribution in [-0.4, -0.2) is 13.1 Å². The van der Waals surface area contributed by atoms with Crippen molar-refractivity contribution in [3.63, 3.8) is 0 Å². The molecule has 0 saturated heterocycles. The van der Waals surface area contributed by atoms with Crippen molar-refractivity contribution in [2.45, 2.75) is 0 Å². The fourth-order valence-electron chi connectivity index (χ4n) is 0.417. The van der Waals surface area contributed by atoms with E-state index in [-0.39, 0.29) is 12.4 Å². The maximum Gasteiger partial charge on any atom is 0.0138 e. The van der Waals surface area contributed by atoms with Crippen molar-refractivity contribution in [2.75, 3.05) is 13.1 Å². The number of nitrogens with one attached hydrogen (secondary N) is 1. The van der Waals surface area contributed by atoms with Gasteiger partial charge in [-0.3, -0.25) is 0 Å². The van der Waals surface area contributed by atoms with E-state index >= 15 is 0 Å². The molecule has 1 nitrogen and oxygen atoms in total. The van der Waals surface area contributed by atoms with Gasteiger partial charge in [-0.15, -0.1) is 12.4 Å². The highest BCUT2D eigenvalue weighted by Gasteiger charge is 1.81. The Kier molecular flexibility index (Phi) is 3.19. The fraction of sp³-hybridized carbons (Fsp3) is 0.500. The summed E-state index contributed by atoms with van der Waals surface area (Å²) in [6.45, 7) is 2.14. The minimum Gasteiger partial charge on any atom is -0.310 e.